The topological polar surface area (TPSA) is 90.1 Å². The van der Waals surface area contributed by atoms with Gasteiger partial charge in [-0.3, -0.25) is 0 Å². The summed E-state index contributed by atoms with van der Waals surface area (Å²) in [6.07, 6.45) is 6.75. The van der Waals surface area contributed by atoms with Crippen LogP contribution in [-0.2, 0) is 6.61 Å². The smallest absolute Gasteiger partial charge is 0.358 e. The molecule has 0 saturated carbocycles. The largest absolute Gasteiger partial charge is 0.486 e. The van der Waals surface area contributed by atoms with Crippen LogP contribution in [0.3, 0.4) is 0 Å². The molecule has 0 bridgehead atoms. The summed E-state index contributed by atoms with van der Waals surface area (Å²) in [6, 6.07) is 15.1. The van der Waals surface area contributed by atoms with Crippen LogP contribution in [-0.4, -0.2) is 30.8 Å². The molecular weight excluding hydrogens is 368 g/mol. The number of aromatic nitrogens is 4. The summed E-state index contributed by atoms with van der Waals surface area (Å²) >= 11 is 0. The minimum Gasteiger partial charge on any atom is -0.486 e. The molecular formula is C22H18N4O3. The minimum absolute atomic E-state index is 0.112. The number of nitrogens with zero attached hydrogens (tertiary/aromatic N) is 4. The molecule has 7 heteroatoms. The van der Waals surface area contributed by atoms with Crippen LogP contribution in [0.15, 0.2) is 73.3 Å². The molecule has 0 aliphatic carbocycles. The fourth-order valence-corrected chi connectivity index (χ4v) is 3.01. The quantitative estimate of drug-likeness (QED) is 0.540. The molecule has 0 aliphatic rings. The number of aromatic carboxylic acids is 1. The molecule has 7 nitrogen and oxygen atoms in total. The van der Waals surface area contributed by atoms with Crippen molar-refractivity contribution in [3.05, 3.63) is 90.1 Å². The molecule has 0 atom stereocenters. The maximum atomic E-state index is 11.7. The van der Waals surface area contributed by atoms with Crippen LogP contribution in [0.25, 0.3) is 16.9 Å². The van der Waals surface area contributed by atoms with Gasteiger partial charge in [-0.25, -0.2) is 19.4 Å². The fraction of sp³-hybridized carbons (Fsp3) is 0.0909. The number of ether oxygens (including phenoxy) is 1. The zero-order valence-corrected chi connectivity index (χ0v) is 15.7. The lowest BCUT2D eigenvalue weighted by Gasteiger charge is -2.14. The average molecular weight is 386 g/mol. The normalized spacial score (nSPS) is 10.7. The van der Waals surface area contributed by atoms with Crippen molar-refractivity contribution in [2.24, 2.45) is 0 Å². The maximum Gasteiger partial charge on any atom is 0.358 e. The Kier molecular flexibility index (Phi) is 5.03. The van der Waals surface area contributed by atoms with E-state index in [4.69, 9.17) is 4.74 Å². The molecule has 0 unspecified atom stereocenters. The van der Waals surface area contributed by atoms with Crippen molar-refractivity contribution >= 4 is 5.97 Å². The van der Waals surface area contributed by atoms with Gasteiger partial charge in [0.1, 0.15) is 6.61 Å². The molecule has 29 heavy (non-hydrogen) atoms. The van der Waals surface area contributed by atoms with Crippen LogP contribution in [0.2, 0.25) is 0 Å². The molecule has 0 aliphatic heterocycles. The Labute approximate surface area is 167 Å². The van der Waals surface area contributed by atoms with Gasteiger partial charge < -0.3 is 9.84 Å². The van der Waals surface area contributed by atoms with E-state index in [0.29, 0.717) is 11.4 Å². The summed E-state index contributed by atoms with van der Waals surface area (Å²) in [5, 5.41) is 13.9. The summed E-state index contributed by atoms with van der Waals surface area (Å²) in [4.78, 5) is 20.1. The molecule has 0 radical (unpaired) electrons. The number of pyridine rings is 2. The summed E-state index contributed by atoms with van der Waals surface area (Å²) in [5.74, 6) is -0.191. The maximum absolute atomic E-state index is 11.7. The molecule has 4 aromatic rings. The third-order valence-electron chi connectivity index (χ3n) is 4.49. The van der Waals surface area contributed by atoms with Gasteiger partial charge in [0.15, 0.2) is 17.3 Å². The Hall–Kier alpha value is -4.00. The van der Waals surface area contributed by atoms with E-state index in [1.165, 1.54) is 6.20 Å². The van der Waals surface area contributed by atoms with Crippen molar-refractivity contribution in [1.82, 2.24) is 19.7 Å². The third kappa shape index (κ3) is 3.84. The zero-order chi connectivity index (χ0) is 20.2. The zero-order valence-electron chi connectivity index (χ0n) is 15.7. The van der Waals surface area contributed by atoms with E-state index >= 15 is 0 Å². The van der Waals surface area contributed by atoms with Crippen LogP contribution >= 0.6 is 0 Å². The summed E-state index contributed by atoms with van der Waals surface area (Å²) < 4.78 is 7.54. The monoisotopic (exact) mass is 386 g/mol. The van der Waals surface area contributed by atoms with Crippen molar-refractivity contribution in [1.29, 1.82) is 0 Å². The van der Waals surface area contributed by atoms with Crippen LogP contribution < -0.4 is 4.74 Å². The molecule has 0 saturated heterocycles. The Morgan fingerprint density at radius 1 is 1.07 bits per heavy atom. The molecule has 3 heterocycles. The Bertz CT molecular complexity index is 1140. The van der Waals surface area contributed by atoms with Gasteiger partial charge in [0.2, 0.25) is 0 Å². The minimum atomic E-state index is -1.13. The number of carbonyl (C=O) groups is 1. The van der Waals surface area contributed by atoms with Gasteiger partial charge in [-0.1, -0.05) is 36.4 Å². The lowest BCUT2D eigenvalue weighted by molar-refractivity contribution is 0.0684. The van der Waals surface area contributed by atoms with E-state index in [1.54, 1.807) is 17.1 Å². The number of carboxylic acids is 1. The molecule has 3 aromatic heterocycles. The van der Waals surface area contributed by atoms with Crippen LogP contribution in [0.1, 0.15) is 21.6 Å². The second-order valence-electron chi connectivity index (χ2n) is 6.42. The molecule has 1 N–H and O–H groups in total. The number of carboxylic acid groups (broad SMARTS) is 1. The highest BCUT2D eigenvalue weighted by molar-refractivity contribution is 5.90. The van der Waals surface area contributed by atoms with E-state index < -0.39 is 5.97 Å². The standard InChI is InChI=1S/C22H18N4O3/c1-15-18(17-11-25-26(13-17)19-9-5-6-10-23-19)12-24-20(22(27)28)21(15)29-14-16-7-3-2-4-8-16/h2-13H,14H2,1H3,(H,27,28). The van der Waals surface area contributed by atoms with Crippen LogP contribution in [0.5, 0.6) is 5.75 Å². The number of rotatable bonds is 6. The van der Waals surface area contributed by atoms with Gasteiger partial charge >= 0.3 is 5.97 Å². The predicted octanol–water partition coefficient (Wildman–Crippen LogP) is 3.91. The Morgan fingerprint density at radius 3 is 2.59 bits per heavy atom. The third-order valence-corrected chi connectivity index (χ3v) is 4.49. The molecule has 0 fully saturated rings. The SMILES string of the molecule is Cc1c(-c2cnn(-c3ccccn3)c2)cnc(C(=O)O)c1OCc1ccccc1. The molecule has 4 rings (SSSR count). The fourth-order valence-electron chi connectivity index (χ4n) is 3.01. The molecule has 144 valence electrons. The number of hydrogen-bond donors (Lipinski definition) is 1. The van der Waals surface area contributed by atoms with Crippen molar-refractivity contribution in [2.75, 3.05) is 0 Å². The van der Waals surface area contributed by atoms with Crippen LogP contribution in [0.4, 0.5) is 0 Å². The van der Waals surface area contributed by atoms with Crippen molar-refractivity contribution in [2.45, 2.75) is 13.5 Å². The lowest BCUT2D eigenvalue weighted by atomic mass is 10.0. The van der Waals surface area contributed by atoms with E-state index in [9.17, 15) is 9.90 Å². The van der Waals surface area contributed by atoms with E-state index in [0.717, 1.165) is 16.7 Å². The highest BCUT2D eigenvalue weighted by Gasteiger charge is 2.20. The predicted molar refractivity (Wildman–Crippen MR) is 107 cm³/mol. The number of hydrogen-bond acceptors (Lipinski definition) is 5. The van der Waals surface area contributed by atoms with Gasteiger partial charge in [0.05, 0.1) is 6.20 Å². The van der Waals surface area contributed by atoms with Gasteiger partial charge in [-0.2, -0.15) is 5.10 Å². The first-order chi connectivity index (χ1) is 14.1. The second kappa shape index (κ2) is 7.93. The first-order valence-electron chi connectivity index (χ1n) is 8.99. The van der Waals surface area contributed by atoms with Crippen molar-refractivity contribution in [3.8, 4) is 22.7 Å². The summed E-state index contributed by atoms with van der Waals surface area (Å²) in [5.41, 5.74) is 3.06. The van der Waals surface area contributed by atoms with Crippen molar-refractivity contribution < 1.29 is 14.6 Å². The van der Waals surface area contributed by atoms with Gasteiger partial charge in [-0.05, 0) is 24.6 Å². The summed E-state index contributed by atoms with van der Waals surface area (Å²) in [6.45, 7) is 2.07. The van der Waals surface area contributed by atoms with Crippen LogP contribution in [0, 0.1) is 6.92 Å². The van der Waals surface area contributed by atoms with Gasteiger partial charge in [0.25, 0.3) is 0 Å². The molecule has 0 amide bonds. The molecule has 0 spiro atoms. The van der Waals surface area contributed by atoms with E-state index in [1.807, 2.05) is 61.7 Å². The first kappa shape index (κ1) is 18.4. The van der Waals surface area contributed by atoms with E-state index in [-0.39, 0.29) is 18.1 Å². The molecule has 1 aromatic carbocycles. The van der Waals surface area contributed by atoms with Gasteiger partial charge in [0, 0.05) is 35.3 Å². The van der Waals surface area contributed by atoms with E-state index in [2.05, 4.69) is 15.1 Å². The highest BCUT2D eigenvalue weighted by atomic mass is 16.5. The first-order valence-corrected chi connectivity index (χ1v) is 8.99. The van der Waals surface area contributed by atoms with Crippen molar-refractivity contribution in [3.63, 3.8) is 0 Å². The highest BCUT2D eigenvalue weighted by Crippen LogP contribution is 2.32. The average Bonchev–Trinajstić information content (AvgIpc) is 3.24. The summed E-state index contributed by atoms with van der Waals surface area (Å²) in [7, 11) is 0. The van der Waals surface area contributed by atoms with Gasteiger partial charge in [-0.15, -0.1) is 0 Å². The lowest BCUT2D eigenvalue weighted by Crippen LogP contribution is -2.08. The number of benzene rings is 1. The Morgan fingerprint density at radius 2 is 1.86 bits per heavy atom. The Balaban J connectivity index is 1.70. The second-order valence-corrected chi connectivity index (χ2v) is 6.42.